The molecule has 116 valence electrons. The van der Waals surface area contributed by atoms with E-state index in [1.807, 2.05) is 11.4 Å². The Morgan fingerprint density at radius 3 is 3.00 bits per heavy atom. The summed E-state index contributed by atoms with van der Waals surface area (Å²) in [6.45, 7) is 0.728. The third kappa shape index (κ3) is 2.83. The lowest BCUT2D eigenvalue weighted by molar-refractivity contribution is 0.628. The van der Waals surface area contributed by atoms with E-state index in [0.717, 1.165) is 27.9 Å². The van der Waals surface area contributed by atoms with Gasteiger partial charge >= 0.3 is 0 Å². The minimum atomic E-state index is -0.437. The number of imidazole rings is 1. The molecule has 0 unspecified atom stereocenters. The van der Waals surface area contributed by atoms with Gasteiger partial charge in [-0.1, -0.05) is 29.0 Å². The molecule has 0 bridgehead atoms. The molecule has 23 heavy (non-hydrogen) atoms. The zero-order valence-corrected chi connectivity index (χ0v) is 14.1. The van der Waals surface area contributed by atoms with Gasteiger partial charge in [0.1, 0.15) is 5.82 Å². The lowest BCUT2D eigenvalue weighted by Gasteiger charge is -2.01. The van der Waals surface area contributed by atoms with Gasteiger partial charge < -0.3 is 5.32 Å². The molecule has 0 spiro atoms. The predicted molar refractivity (Wildman–Crippen MR) is 92.9 cm³/mol. The van der Waals surface area contributed by atoms with E-state index in [1.165, 1.54) is 22.3 Å². The number of hydrogen-bond acceptors (Lipinski definition) is 5. The third-order valence-electron chi connectivity index (χ3n) is 3.29. The van der Waals surface area contributed by atoms with Gasteiger partial charge in [-0.05, 0) is 29.6 Å². The SMILES string of the molecule is Fc1ccc(-c2cnc3sc(NCc4cccs4)nn23)cc1Cl. The molecule has 0 aliphatic carbocycles. The fourth-order valence-corrected chi connectivity index (χ4v) is 3.79. The van der Waals surface area contributed by atoms with Crippen molar-refractivity contribution in [1.82, 2.24) is 14.6 Å². The Labute approximate surface area is 144 Å². The number of aromatic nitrogens is 3. The van der Waals surface area contributed by atoms with E-state index < -0.39 is 5.82 Å². The molecule has 0 amide bonds. The van der Waals surface area contributed by atoms with Crippen LogP contribution in [-0.2, 0) is 6.54 Å². The van der Waals surface area contributed by atoms with Crippen LogP contribution in [0.4, 0.5) is 9.52 Å². The maximum atomic E-state index is 13.3. The number of nitrogens with one attached hydrogen (secondary N) is 1. The second-order valence-electron chi connectivity index (χ2n) is 4.81. The minimum Gasteiger partial charge on any atom is -0.355 e. The molecule has 0 saturated heterocycles. The number of benzene rings is 1. The monoisotopic (exact) mass is 364 g/mol. The fraction of sp³-hybridized carbons (Fsp3) is 0.0667. The minimum absolute atomic E-state index is 0.0868. The number of rotatable bonds is 4. The second-order valence-corrected chi connectivity index (χ2v) is 7.20. The molecule has 4 rings (SSSR count). The van der Waals surface area contributed by atoms with Crippen molar-refractivity contribution in [1.29, 1.82) is 0 Å². The van der Waals surface area contributed by atoms with Gasteiger partial charge in [0.2, 0.25) is 10.1 Å². The maximum Gasteiger partial charge on any atom is 0.214 e. The average Bonchev–Trinajstić information content (AvgIpc) is 3.24. The lowest BCUT2D eigenvalue weighted by atomic mass is 10.2. The van der Waals surface area contributed by atoms with Crippen LogP contribution in [-0.4, -0.2) is 14.6 Å². The highest BCUT2D eigenvalue weighted by Gasteiger charge is 2.13. The summed E-state index contributed by atoms with van der Waals surface area (Å²) < 4.78 is 15.1. The summed E-state index contributed by atoms with van der Waals surface area (Å²) in [6.07, 6.45) is 1.71. The Bertz CT molecular complexity index is 961. The average molecular weight is 365 g/mol. The molecular weight excluding hydrogens is 355 g/mol. The van der Waals surface area contributed by atoms with Crippen LogP contribution in [0.25, 0.3) is 16.2 Å². The maximum absolute atomic E-state index is 13.3. The fourth-order valence-electron chi connectivity index (χ4n) is 2.19. The standard InChI is InChI=1S/C15H10ClFN4S2/c16-11-6-9(3-4-12(11)17)13-8-19-15-21(13)20-14(23-15)18-7-10-2-1-5-22-10/h1-6,8H,7H2,(H,18,20). The largest absolute Gasteiger partial charge is 0.355 e. The van der Waals surface area contributed by atoms with Gasteiger partial charge in [0.15, 0.2) is 0 Å². The van der Waals surface area contributed by atoms with Gasteiger partial charge in [-0.3, -0.25) is 0 Å². The van der Waals surface area contributed by atoms with Crippen LogP contribution in [0, 0.1) is 5.82 Å². The first-order valence-corrected chi connectivity index (χ1v) is 8.84. The molecule has 3 heterocycles. The van der Waals surface area contributed by atoms with Crippen molar-refractivity contribution in [2.24, 2.45) is 0 Å². The molecule has 4 nitrogen and oxygen atoms in total. The van der Waals surface area contributed by atoms with Crippen molar-refractivity contribution in [2.45, 2.75) is 6.54 Å². The molecule has 0 fully saturated rings. The van der Waals surface area contributed by atoms with Crippen molar-refractivity contribution in [2.75, 3.05) is 5.32 Å². The molecule has 0 aliphatic heterocycles. The lowest BCUT2D eigenvalue weighted by Crippen LogP contribution is -1.98. The molecule has 1 aromatic carbocycles. The summed E-state index contributed by atoms with van der Waals surface area (Å²) in [6, 6.07) is 8.69. The highest BCUT2D eigenvalue weighted by molar-refractivity contribution is 7.20. The van der Waals surface area contributed by atoms with E-state index in [4.69, 9.17) is 11.6 Å². The van der Waals surface area contributed by atoms with Gasteiger partial charge in [0, 0.05) is 10.4 Å². The van der Waals surface area contributed by atoms with E-state index >= 15 is 0 Å². The molecule has 3 aromatic heterocycles. The van der Waals surface area contributed by atoms with Crippen LogP contribution in [0.5, 0.6) is 0 Å². The smallest absolute Gasteiger partial charge is 0.214 e. The quantitative estimate of drug-likeness (QED) is 0.558. The van der Waals surface area contributed by atoms with E-state index in [9.17, 15) is 4.39 Å². The first-order chi connectivity index (χ1) is 11.2. The highest BCUT2D eigenvalue weighted by Crippen LogP contribution is 2.28. The van der Waals surface area contributed by atoms with Crippen molar-refractivity contribution >= 4 is 44.4 Å². The van der Waals surface area contributed by atoms with E-state index in [1.54, 1.807) is 34.2 Å². The Balaban J connectivity index is 1.64. The van der Waals surface area contributed by atoms with Crippen LogP contribution in [0.3, 0.4) is 0 Å². The first kappa shape index (κ1) is 14.6. The van der Waals surface area contributed by atoms with E-state index in [-0.39, 0.29) is 5.02 Å². The van der Waals surface area contributed by atoms with Crippen LogP contribution < -0.4 is 5.32 Å². The zero-order valence-electron chi connectivity index (χ0n) is 11.7. The van der Waals surface area contributed by atoms with Crippen LogP contribution >= 0.6 is 34.3 Å². The van der Waals surface area contributed by atoms with Gasteiger partial charge in [0.25, 0.3) is 0 Å². The summed E-state index contributed by atoms with van der Waals surface area (Å²) >= 11 is 9.03. The molecule has 0 radical (unpaired) electrons. The first-order valence-electron chi connectivity index (χ1n) is 6.77. The molecule has 0 saturated carbocycles. The number of anilines is 1. The molecule has 8 heteroatoms. The molecule has 0 atom stereocenters. The normalized spacial score (nSPS) is 11.2. The second kappa shape index (κ2) is 5.92. The number of nitrogens with zero attached hydrogens (tertiary/aromatic N) is 3. The van der Waals surface area contributed by atoms with Crippen LogP contribution in [0.2, 0.25) is 5.02 Å². The predicted octanol–water partition coefficient (Wildman–Crippen LogP) is 4.92. The molecule has 0 aliphatic rings. The van der Waals surface area contributed by atoms with Crippen LogP contribution in [0.1, 0.15) is 4.88 Å². The Hall–Kier alpha value is -1.96. The van der Waals surface area contributed by atoms with Gasteiger partial charge in [0.05, 0.1) is 23.5 Å². The molecular formula is C15H10ClFN4S2. The number of halogens is 2. The van der Waals surface area contributed by atoms with Crippen molar-refractivity contribution < 1.29 is 4.39 Å². The number of hydrogen-bond donors (Lipinski definition) is 1. The molecule has 1 N–H and O–H groups in total. The summed E-state index contributed by atoms with van der Waals surface area (Å²) in [4.78, 5) is 6.37. The number of thiophene rings is 1. The summed E-state index contributed by atoms with van der Waals surface area (Å²) in [5.41, 5.74) is 1.56. The van der Waals surface area contributed by atoms with Crippen molar-refractivity contribution in [3.8, 4) is 11.3 Å². The Kier molecular flexibility index (Phi) is 3.76. The van der Waals surface area contributed by atoms with Crippen molar-refractivity contribution in [3.05, 3.63) is 57.6 Å². The van der Waals surface area contributed by atoms with Crippen molar-refractivity contribution in [3.63, 3.8) is 0 Å². The number of fused-ring (bicyclic) bond motifs is 1. The topological polar surface area (TPSA) is 42.2 Å². The summed E-state index contributed by atoms with van der Waals surface area (Å²) in [5.74, 6) is -0.437. The zero-order chi connectivity index (χ0) is 15.8. The Morgan fingerprint density at radius 2 is 2.22 bits per heavy atom. The Morgan fingerprint density at radius 1 is 1.30 bits per heavy atom. The van der Waals surface area contributed by atoms with Crippen LogP contribution in [0.15, 0.2) is 41.9 Å². The third-order valence-corrected chi connectivity index (χ3v) is 5.34. The highest BCUT2D eigenvalue weighted by atomic mass is 35.5. The van der Waals surface area contributed by atoms with Gasteiger partial charge in [-0.15, -0.1) is 16.4 Å². The van der Waals surface area contributed by atoms with E-state index in [0.29, 0.717) is 0 Å². The molecule has 4 aromatic rings. The van der Waals surface area contributed by atoms with Gasteiger partial charge in [-0.25, -0.2) is 13.9 Å². The summed E-state index contributed by atoms with van der Waals surface area (Å²) in [7, 11) is 0. The summed E-state index contributed by atoms with van der Waals surface area (Å²) in [5, 5.41) is 10.7. The van der Waals surface area contributed by atoms with E-state index in [2.05, 4.69) is 21.5 Å². The van der Waals surface area contributed by atoms with Gasteiger partial charge in [-0.2, -0.15) is 0 Å².